The molecule has 0 aliphatic heterocycles. The molecular formula is C30H35N7O2. The number of anilines is 3. The van der Waals surface area contributed by atoms with Crippen molar-refractivity contribution in [2.75, 3.05) is 17.2 Å². The quantitative estimate of drug-likeness (QED) is 0.206. The molecule has 5 N–H and O–H groups in total. The molecule has 0 aliphatic carbocycles. The Morgan fingerprint density at radius 2 is 1.72 bits per heavy atom. The summed E-state index contributed by atoms with van der Waals surface area (Å²) in [6.07, 6.45) is 3.23. The van der Waals surface area contributed by atoms with Crippen LogP contribution in [0.4, 0.5) is 21.9 Å². The molecule has 39 heavy (non-hydrogen) atoms. The largest absolute Gasteiger partial charge is 0.457 e. The van der Waals surface area contributed by atoms with Crippen LogP contribution in [0.2, 0.25) is 0 Å². The normalized spacial score (nSPS) is 11.5. The standard InChI is InChI=1S/C30H35N7O2/c1-19(2)30(32,20(3)4)18-33-29(38)36-26-17-37-28(21(26)5)27(22(15-31)16-34-37)35-23-11-13-25(14-12-23)39-24-9-7-6-8-10-24/h6-14,16-17,19-20,35H,18,32H2,1-5H3,(H2,33,36,38). The van der Waals surface area contributed by atoms with Gasteiger partial charge < -0.3 is 26.4 Å². The van der Waals surface area contributed by atoms with E-state index in [0.717, 1.165) is 17.0 Å². The molecule has 2 heterocycles. The summed E-state index contributed by atoms with van der Waals surface area (Å²) < 4.78 is 7.53. The Bertz CT molecular complexity index is 1480. The molecule has 2 amide bonds. The number of nitriles is 1. The molecular weight excluding hydrogens is 490 g/mol. The third-order valence-corrected chi connectivity index (χ3v) is 7.23. The molecule has 2 aromatic heterocycles. The number of hydrogen-bond donors (Lipinski definition) is 4. The highest BCUT2D eigenvalue weighted by Crippen LogP contribution is 2.33. The Labute approximate surface area is 229 Å². The average Bonchev–Trinajstić information content (AvgIpc) is 3.23. The summed E-state index contributed by atoms with van der Waals surface area (Å²) in [5.41, 5.74) is 9.85. The van der Waals surface area contributed by atoms with Crippen molar-refractivity contribution in [1.82, 2.24) is 14.9 Å². The molecule has 202 valence electrons. The molecule has 0 atom stereocenters. The number of carbonyl (C=O) groups excluding carboxylic acids is 1. The van der Waals surface area contributed by atoms with E-state index in [-0.39, 0.29) is 17.9 Å². The summed E-state index contributed by atoms with van der Waals surface area (Å²) in [4.78, 5) is 12.8. The van der Waals surface area contributed by atoms with Crippen LogP contribution in [0.5, 0.6) is 11.5 Å². The number of fused-ring (bicyclic) bond motifs is 1. The predicted molar refractivity (Wildman–Crippen MR) is 155 cm³/mol. The van der Waals surface area contributed by atoms with Gasteiger partial charge in [-0.3, -0.25) is 0 Å². The van der Waals surface area contributed by atoms with Crippen molar-refractivity contribution in [3.8, 4) is 17.6 Å². The lowest BCUT2D eigenvalue weighted by Gasteiger charge is -2.37. The highest BCUT2D eigenvalue weighted by Gasteiger charge is 2.33. The first kappa shape index (κ1) is 27.5. The highest BCUT2D eigenvalue weighted by molar-refractivity contribution is 5.95. The molecule has 0 bridgehead atoms. The van der Waals surface area contributed by atoms with E-state index < -0.39 is 5.54 Å². The van der Waals surface area contributed by atoms with E-state index in [1.54, 1.807) is 10.7 Å². The zero-order valence-corrected chi connectivity index (χ0v) is 22.9. The van der Waals surface area contributed by atoms with Crippen molar-refractivity contribution in [3.63, 3.8) is 0 Å². The first-order chi connectivity index (χ1) is 18.6. The van der Waals surface area contributed by atoms with Gasteiger partial charge in [-0.25, -0.2) is 9.31 Å². The minimum atomic E-state index is -0.528. The molecule has 4 rings (SSSR count). The fourth-order valence-corrected chi connectivity index (χ4v) is 4.48. The average molecular weight is 526 g/mol. The summed E-state index contributed by atoms with van der Waals surface area (Å²) in [5, 5.41) is 23.4. The van der Waals surface area contributed by atoms with Gasteiger partial charge in [-0.2, -0.15) is 10.4 Å². The van der Waals surface area contributed by atoms with Crippen LogP contribution in [0.25, 0.3) is 5.52 Å². The highest BCUT2D eigenvalue weighted by atomic mass is 16.5. The zero-order valence-electron chi connectivity index (χ0n) is 22.9. The van der Waals surface area contributed by atoms with Gasteiger partial charge in [0.05, 0.1) is 34.8 Å². The van der Waals surface area contributed by atoms with Gasteiger partial charge in [-0.05, 0) is 55.2 Å². The monoisotopic (exact) mass is 525 g/mol. The van der Waals surface area contributed by atoms with Crippen molar-refractivity contribution >= 4 is 28.6 Å². The number of para-hydroxylation sites is 1. The summed E-state index contributed by atoms with van der Waals surface area (Å²) in [7, 11) is 0. The van der Waals surface area contributed by atoms with Crippen molar-refractivity contribution < 1.29 is 9.53 Å². The molecule has 0 fully saturated rings. The third-order valence-electron chi connectivity index (χ3n) is 7.23. The van der Waals surface area contributed by atoms with E-state index in [2.05, 4.69) is 54.8 Å². The van der Waals surface area contributed by atoms with Crippen LogP contribution in [0.15, 0.2) is 67.0 Å². The fraction of sp³-hybridized carbons (Fsp3) is 0.300. The molecule has 9 heteroatoms. The number of nitrogens with zero attached hydrogens (tertiary/aromatic N) is 3. The molecule has 2 aromatic carbocycles. The maximum Gasteiger partial charge on any atom is 0.319 e. The molecule has 0 saturated carbocycles. The van der Waals surface area contributed by atoms with Gasteiger partial charge in [0.25, 0.3) is 0 Å². The zero-order chi connectivity index (χ0) is 28.2. The van der Waals surface area contributed by atoms with E-state index in [0.29, 0.717) is 34.7 Å². The first-order valence-corrected chi connectivity index (χ1v) is 13.0. The number of benzene rings is 2. The molecule has 0 radical (unpaired) electrons. The number of aryl methyl sites for hydroxylation is 1. The maximum atomic E-state index is 12.8. The molecule has 9 nitrogen and oxygen atoms in total. The Kier molecular flexibility index (Phi) is 8.07. The first-order valence-electron chi connectivity index (χ1n) is 13.0. The van der Waals surface area contributed by atoms with Gasteiger partial charge in [0, 0.05) is 23.3 Å². The van der Waals surface area contributed by atoms with Gasteiger partial charge in [0.2, 0.25) is 0 Å². The number of ether oxygens (including phenoxy) is 1. The molecule has 0 aliphatic rings. The SMILES string of the molecule is Cc1c(NC(=O)NCC(N)(C(C)C)C(C)C)cn2ncc(C#N)c(Nc3ccc(Oc4ccccc4)cc3)c12. The van der Waals surface area contributed by atoms with Crippen molar-refractivity contribution in [3.05, 3.63) is 78.1 Å². The Balaban J connectivity index is 1.55. The number of aromatic nitrogens is 2. The summed E-state index contributed by atoms with van der Waals surface area (Å²) in [6.45, 7) is 10.4. The second-order valence-corrected chi connectivity index (χ2v) is 10.3. The van der Waals surface area contributed by atoms with Crippen molar-refractivity contribution in [1.29, 1.82) is 5.26 Å². The van der Waals surface area contributed by atoms with Crippen LogP contribution in [0.1, 0.15) is 38.8 Å². The van der Waals surface area contributed by atoms with E-state index in [9.17, 15) is 10.1 Å². The topological polar surface area (TPSA) is 130 Å². The third kappa shape index (κ3) is 5.97. The lowest BCUT2D eigenvalue weighted by atomic mass is 9.78. The van der Waals surface area contributed by atoms with Crippen molar-refractivity contribution in [2.45, 2.75) is 40.2 Å². The number of amides is 2. The Morgan fingerprint density at radius 1 is 1.08 bits per heavy atom. The van der Waals surface area contributed by atoms with Crippen LogP contribution in [-0.2, 0) is 0 Å². The van der Waals surface area contributed by atoms with Gasteiger partial charge in [-0.15, -0.1) is 0 Å². The van der Waals surface area contributed by atoms with Crippen LogP contribution in [0.3, 0.4) is 0 Å². The molecule has 0 spiro atoms. The fourth-order valence-electron chi connectivity index (χ4n) is 4.48. The maximum absolute atomic E-state index is 12.8. The van der Waals surface area contributed by atoms with Crippen molar-refractivity contribution in [2.24, 2.45) is 17.6 Å². The van der Waals surface area contributed by atoms with E-state index >= 15 is 0 Å². The number of nitrogens with one attached hydrogen (secondary N) is 3. The number of carbonyl (C=O) groups is 1. The smallest absolute Gasteiger partial charge is 0.319 e. The number of urea groups is 1. The van der Waals surface area contributed by atoms with Gasteiger partial charge in [-0.1, -0.05) is 45.9 Å². The lowest BCUT2D eigenvalue weighted by molar-refractivity contribution is 0.210. The second kappa shape index (κ2) is 11.5. The van der Waals surface area contributed by atoms with Gasteiger partial charge in [0.1, 0.15) is 17.6 Å². The number of nitrogens with two attached hydrogens (primary N) is 1. The lowest BCUT2D eigenvalue weighted by Crippen LogP contribution is -2.58. The molecule has 4 aromatic rings. The Hall–Kier alpha value is -4.55. The van der Waals surface area contributed by atoms with Crippen LogP contribution in [0, 0.1) is 30.1 Å². The number of hydrogen-bond acceptors (Lipinski definition) is 6. The number of rotatable bonds is 9. The van der Waals surface area contributed by atoms with Crippen LogP contribution < -0.4 is 26.4 Å². The molecule has 0 unspecified atom stereocenters. The van der Waals surface area contributed by atoms with Crippen LogP contribution >= 0.6 is 0 Å². The summed E-state index contributed by atoms with van der Waals surface area (Å²) >= 11 is 0. The Morgan fingerprint density at radius 3 is 2.33 bits per heavy atom. The minimum absolute atomic E-state index is 0.192. The van der Waals surface area contributed by atoms with E-state index in [1.807, 2.05) is 61.5 Å². The van der Waals surface area contributed by atoms with Crippen LogP contribution in [-0.4, -0.2) is 27.7 Å². The second-order valence-electron chi connectivity index (χ2n) is 10.3. The van der Waals surface area contributed by atoms with Gasteiger partial charge in [0.15, 0.2) is 0 Å². The molecule has 0 saturated heterocycles. The van der Waals surface area contributed by atoms with E-state index in [4.69, 9.17) is 10.5 Å². The summed E-state index contributed by atoms with van der Waals surface area (Å²) in [5.74, 6) is 1.83. The van der Waals surface area contributed by atoms with Gasteiger partial charge >= 0.3 is 6.03 Å². The van der Waals surface area contributed by atoms with E-state index in [1.165, 1.54) is 6.20 Å². The minimum Gasteiger partial charge on any atom is -0.457 e. The summed E-state index contributed by atoms with van der Waals surface area (Å²) in [6, 6.07) is 18.9. The predicted octanol–water partition coefficient (Wildman–Crippen LogP) is 6.18.